The number of hydrogen-bond donors (Lipinski definition) is 0. The lowest BCUT2D eigenvalue weighted by atomic mass is 9.71. The van der Waals surface area contributed by atoms with Crippen LogP contribution in [0, 0.1) is 10.8 Å². The zero-order valence-electron chi connectivity index (χ0n) is 9.57. The molecule has 1 atom stereocenters. The molecule has 0 aromatic carbocycles. The number of hydrogen-bond acceptors (Lipinski definition) is 1. The molecule has 0 N–H and O–H groups in total. The summed E-state index contributed by atoms with van der Waals surface area (Å²) in [7, 11) is 0. The summed E-state index contributed by atoms with van der Waals surface area (Å²) < 4.78 is 0. The Hall–Kier alpha value is -0.330. The third-order valence-electron chi connectivity index (χ3n) is 4.30. The minimum atomic E-state index is 0.343. The maximum Gasteiger partial charge on any atom is 0.133 e. The van der Waals surface area contributed by atoms with Crippen LogP contribution in [0.3, 0.4) is 0 Å². The maximum absolute atomic E-state index is 11.3. The van der Waals surface area contributed by atoms with Gasteiger partial charge < -0.3 is 0 Å². The number of Topliss-reactive ketones (excluding diaryl/α,β-unsaturated/α-hetero) is 1. The first-order chi connectivity index (χ1) is 6.52. The molecule has 0 aromatic heterocycles. The summed E-state index contributed by atoms with van der Waals surface area (Å²) in [5, 5.41) is 0. The van der Waals surface area contributed by atoms with E-state index in [4.69, 9.17) is 0 Å². The number of rotatable bonds is 2. The molecule has 1 heteroatoms. The summed E-state index contributed by atoms with van der Waals surface area (Å²) >= 11 is 0. The molecule has 2 aliphatic rings. The molecule has 1 nitrogen and oxygen atoms in total. The van der Waals surface area contributed by atoms with Gasteiger partial charge in [-0.15, -0.1) is 0 Å². The van der Waals surface area contributed by atoms with Crippen molar-refractivity contribution >= 4 is 5.78 Å². The van der Waals surface area contributed by atoms with Crippen LogP contribution in [0.4, 0.5) is 0 Å². The fourth-order valence-electron chi connectivity index (χ4n) is 3.68. The Morgan fingerprint density at radius 3 is 2.21 bits per heavy atom. The van der Waals surface area contributed by atoms with E-state index < -0.39 is 0 Å². The molecule has 0 aliphatic heterocycles. The van der Waals surface area contributed by atoms with Crippen molar-refractivity contribution in [2.24, 2.45) is 10.8 Å². The summed E-state index contributed by atoms with van der Waals surface area (Å²) in [6, 6.07) is 0. The minimum Gasteiger partial charge on any atom is -0.300 e. The fraction of sp³-hybridized carbons (Fsp3) is 0.923. The molecule has 0 spiro atoms. The minimum absolute atomic E-state index is 0.343. The third-order valence-corrected chi connectivity index (χ3v) is 4.30. The van der Waals surface area contributed by atoms with Crippen LogP contribution in [0.1, 0.15) is 65.2 Å². The van der Waals surface area contributed by atoms with Crippen molar-refractivity contribution in [1.82, 2.24) is 0 Å². The van der Waals surface area contributed by atoms with Gasteiger partial charge in [0.15, 0.2) is 0 Å². The largest absolute Gasteiger partial charge is 0.300 e. The average Bonchev–Trinajstić information content (AvgIpc) is 2.59. The second-order valence-corrected chi connectivity index (χ2v) is 6.22. The highest BCUT2D eigenvalue weighted by atomic mass is 16.1. The highest BCUT2D eigenvalue weighted by Gasteiger charge is 2.41. The molecule has 0 bridgehead atoms. The van der Waals surface area contributed by atoms with Crippen LogP contribution in [-0.4, -0.2) is 5.78 Å². The highest BCUT2D eigenvalue weighted by Crippen LogP contribution is 2.50. The Morgan fingerprint density at radius 1 is 1.07 bits per heavy atom. The van der Waals surface area contributed by atoms with Crippen LogP contribution in [0.15, 0.2) is 0 Å². The van der Waals surface area contributed by atoms with Gasteiger partial charge in [0.05, 0.1) is 0 Å². The quantitative estimate of drug-likeness (QED) is 0.655. The third kappa shape index (κ3) is 2.02. The molecule has 14 heavy (non-hydrogen) atoms. The summed E-state index contributed by atoms with van der Waals surface area (Å²) in [6.45, 7) is 4.75. The molecule has 0 radical (unpaired) electrons. The first kappa shape index (κ1) is 10.2. The van der Waals surface area contributed by atoms with E-state index in [1.165, 1.54) is 32.1 Å². The van der Waals surface area contributed by atoms with Gasteiger partial charge in [-0.05, 0) is 36.5 Å². The molecule has 0 heterocycles. The maximum atomic E-state index is 11.3. The van der Waals surface area contributed by atoms with Crippen molar-refractivity contribution in [2.75, 3.05) is 0 Å². The molecule has 0 saturated heterocycles. The van der Waals surface area contributed by atoms with Gasteiger partial charge in [-0.25, -0.2) is 0 Å². The van der Waals surface area contributed by atoms with E-state index in [0.29, 0.717) is 16.6 Å². The van der Waals surface area contributed by atoms with Crippen LogP contribution in [0.25, 0.3) is 0 Å². The number of carbonyl (C=O) groups is 1. The molecule has 2 saturated carbocycles. The highest BCUT2D eigenvalue weighted by molar-refractivity contribution is 5.81. The van der Waals surface area contributed by atoms with Crippen molar-refractivity contribution in [2.45, 2.75) is 65.2 Å². The zero-order valence-corrected chi connectivity index (χ0v) is 9.57. The van der Waals surface area contributed by atoms with Crippen molar-refractivity contribution in [3.63, 3.8) is 0 Å². The van der Waals surface area contributed by atoms with E-state index in [2.05, 4.69) is 13.8 Å². The van der Waals surface area contributed by atoms with Crippen molar-refractivity contribution < 1.29 is 4.79 Å². The van der Waals surface area contributed by atoms with Crippen LogP contribution in [-0.2, 0) is 4.79 Å². The lowest BCUT2D eigenvalue weighted by Gasteiger charge is -2.34. The SMILES string of the molecule is CC1(CC2(C)CCC(=O)C2)CCCC1. The average molecular weight is 194 g/mol. The smallest absolute Gasteiger partial charge is 0.133 e. The van der Waals surface area contributed by atoms with Crippen LogP contribution < -0.4 is 0 Å². The zero-order chi connectivity index (χ0) is 10.2. The van der Waals surface area contributed by atoms with Crippen molar-refractivity contribution in [3.8, 4) is 0 Å². The Kier molecular flexibility index (Phi) is 2.45. The second kappa shape index (κ2) is 3.36. The van der Waals surface area contributed by atoms with Crippen LogP contribution in [0.2, 0.25) is 0 Å². The topological polar surface area (TPSA) is 17.1 Å². The molecular formula is C13H22O. The molecule has 2 fully saturated rings. The standard InChI is InChI=1S/C13H22O/c1-12(6-3-4-7-12)10-13(2)8-5-11(14)9-13/h3-10H2,1-2H3. The first-order valence-corrected chi connectivity index (χ1v) is 6.03. The van der Waals surface area contributed by atoms with Gasteiger partial charge in [0.25, 0.3) is 0 Å². The van der Waals surface area contributed by atoms with Crippen molar-refractivity contribution in [1.29, 1.82) is 0 Å². The Bertz CT molecular complexity index is 238. The van der Waals surface area contributed by atoms with E-state index >= 15 is 0 Å². The van der Waals surface area contributed by atoms with Gasteiger partial charge >= 0.3 is 0 Å². The van der Waals surface area contributed by atoms with Crippen LogP contribution >= 0.6 is 0 Å². The Balaban J connectivity index is 1.99. The van der Waals surface area contributed by atoms with Crippen molar-refractivity contribution in [3.05, 3.63) is 0 Å². The van der Waals surface area contributed by atoms with E-state index in [9.17, 15) is 4.79 Å². The van der Waals surface area contributed by atoms with E-state index in [0.717, 1.165) is 19.3 Å². The second-order valence-electron chi connectivity index (χ2n) is 6.22. The van der Waals surface area contributed by atoms with Gasteiger partial charge in [0.2, 0.25) is 0 Å². The monoisotopic (exact) mass is 194 g/mol. The predicted molar refractivity (Wildman–Crippen MR) is 58.2 cm³/mol. The van der Waals surface area contributed by atoms with Gasteiger partial charge in [-0.1, -0.05) is 26.7 Å². The fourth-order valence-corrected chi connectivity index (χ4v) is 3.68. The lowest BCUT2D eigenvalue weighted by molar-refractivity contribution is -0.118. The molecule has 2 rings (SSSR count). The molecule has 1 unspecified atom stereocenters. The molecule has 2 aliphatic carbocycles. The van der Waals surface area contributed by atoms with E-state index in [1.54, 1.807) is 0 Å². The summed E-state index contributed by atoms with van der Waals surface area (Å²) in [6.07, 6.45) is 9.69. The van der Waals surface area contributed by atoms with E-state index in [-0.39, 0.29) is 0 Å². The van der Waals surface area contributed by atoms with Gasteiger partial charge in [-0.3, -0.25) is 4.79 Å². The molecule has 0 amide bonds. The van der Waals surface area contributed by atoms with Gasteiger partial charge in [0, 0.05) is 12.8 Å². The Morgan fingerprint density at radius 2 is 1.71 bits per heavy atom. The van der Waals surface area contributed by atoms with E-state index in [1.807, 2.05) is 0 Å². The lowest BCUT2D eigenvalue weighted by Crippen LogP contribution is -2.23. The van der Waals surface area contributed by atoms with Crippen LogP contribution in [0.5, 0.6) is 0 Å². The number of ketones is 1. The summed E-state index contributed by atoms with van der Waals surface area (Å²) in [4.78, 5) is 11.3. The number of carbonyl (C=O) groups excluding carboxylic acids is 1. The molecule has 80 valence electrons. The predicted octanol–water partition coefficient (Wildman–Crippen LogP) is 3.72. The Labute approximate surface area is 87.3 Å². The van der Waals surface area contributed by atoms with Gasteiger partial charge in [-0.2, -0.15) is 0 Å². The normalized spacial score (nSPS) is 36.6. The molecular weight excluding hydrogens is 172 g/mol. The first-order valence-electron chi connectivity index (χ1n) is 6.03. The van der Waals surface area contributed by atoms with Gasteiger partial charge in [0.1, 0.15) is 5.78 Å². The summed E-state index contributed by atoms with van der Waals surface area (Å²) in [5.74, 6) is 0.495. The molecule has 0 aromatic rings. The summed E-state index contributed by atoms with van der Waals surface area (Å²) in [5.41, 5.74) is 0.898.